The zero-order valence-corrected chi connectivity index (χ0v) is 38.2. The SMILES string of the molecule is c1ccc(-c2ccc(-c3nc(-c4ccc(-c5cccc(-c6cccc(-c7nc(-c8ccc(-c9ccccc9)cc8)nc8c7sc7ccccc78)c6)c5)cc4)c4sc5ccccc5c4n3)cc2)cc1. The number of thiophene rings is 2. The summed E-state index contributed by atoms with van der Waals surface area (Å²) in [6.07, 6.45) is 0. The molecular weight excluding hydrogens is 865 g/mol. The van der Waals surface area contributed by atoms with E-state index in [1.165, 1.54) is 26.1 Å². The molecule has 0 aliphatic carbocycles. The lowest BCUT2D eigenvalue weighted by Gasteiger charge is -2.11. The summed E-state index contributed by atoms with van der Waals surface area (Å²) >= 11 is 3.51. The molecule has 0 atom stereocenters. The normalized spacial score (nSPS) is 11.5. The second kappa shape index (κ2) is 16.8. The molecule has 13 aromatic rings. The van der Waals surface area contributed by atoms with Crippen molar-refractivity contribution in [3.05, 3.63) is 231 Å². The van der Waals surface area contributed by atoms with Crippen LogP contribution in [0.25, 0.3) is 130 Å². The molecule has 6 heteroatoms. The summed E-state index contributed by atoms with van der Waals surface area (Å²) < 4.78 is 4.59. The van der Waals surface area contributed by atoms with E-state index in [2.05, 4.69) is 218 Å². The lowest BCUT2D eigenvalue weighted by Crippen LogP contribution is -1.94. The van der Waals surface area contributed by atoms with Crippen molar-refractivity contribution in [2.75, 3.05) is 0 Å². The van der Waals surface area contributed by atoms with E-state index in [4.69, 9.17) is 19.9 Å². The van der Waals surface area contributed by atoms with Crippen LogP contribution in [-0.2, 0) is 0 Å². The van der Waals surface area contributed by atoms with Gasteiger partial charge in [0.25, 0.3) is 0 Å². The second-order valence-electron chi connectivity index (χ2n) is 17.0. The molecule has 9 aromatic carbocycles. The highest BCUT2D eigenvalue weighted by Gasteiger charge is 2.19. The fourth-order valence-electron chi connectivity index (χ4n) is 9.26. The Bertz CT molecular complexity index is 3990. The lowest BCUT2D eigenvalue weighted by molar-refractivity contribution is 1.24. The number of aromatic nitrogens is 4. The molecule has 13 rings (SSSR count). The molecule has 0 spiro atoms. The quantitative estimate of drug-likeness (QED) is 0.152. The van der Waals surface area contributed by atoms with Crippen LogP contribution in [0.3, 0.4) is 0 Å². The summed E-state index contributed by atoms with van der Waals surface area (Å²) in [7, 11) is 0. The highest BCUT2D eigenvalue weighted by molar-refractivity contribution is 7.26. The van der Waals surface area contributed by atoms with E-state index in [0.717, 1.165) is 104 Å². The largest absolute Gasteiger partial charge is 0.226 e. The van der Waals surface area contributed by atoms with Gasteiger partial charge in [-0.3, -0.25) is 0 Å². The van der Waals surface area contributed by atoms with Gasteiger partial charge in [0.1, 0.15) is 0 Å². The van der Waals surface area contributed by atoms with Crippen LogP contribution >= 0.6 is 22.7 Å². The number of hydrogen-bond donors (Lipinski definition) is 0. The standard InChI is InChI=1S/C62H38N4S2/c1-3-13-39(14-4-1)41-27-33-45(34-28-41)61-63-55(59-57(65-61)51-21-7-9-23-53(51)67-59)44-31-25-43(26-32-44)47-17-11-18-48(37-47)49-19-12-20-50(38-49)56-60-58(52-22-8-10-24-54(52)68-60)66-62(64-56)46-35-29-42(30-36-46)40-15-5-2-6-16-40/h1-38H. The van der Waals surface area contributed by atoms with Crippen LogP contribution in [0.5, 0.6) is 0 Å². The Morgan fingerprint density at radius 3 is 1.04 bits per heavy atom. The molecule has 0 saturated carbocycles. The van der Waals surface area contributed by atoms with Crippen molar-refractivity contribution in [2.45, 2.75) is 0 Å². The highest BCUT2D eigenvalue weighted by atomic mass is 32.1. The van der Waals surface area contributed by atoms with Gasteiger partial charge >= 0.3 is 0 Å². The molecule has 0 unspecified atom stereocenters. The minimum atomic E-state index is 0.718. The molecule has 0 fully saturated rings. The summed E-state index contributed by atoms with van der Waals surface area (Å²) in [5.74, 6) is 1.44. The third-order valence-corrected chi connectivity index (χ3v) is 15.1. The molecule has 0 aliphatic heterocycles. The van der Waals surface area contributed by atoms with Gasteiger partial charge in [-0.1, -0.05) is 206 Å². The van der Waals surface area contributed by atoms with Gasteiger partial charge in [0.15, 0.2) is 11.6 Å². The predicted molar refractivity (Wildman–Crippen MR) is 287 cm³/mol. The van der Waals surface area contributed by atoms with Gasteiger partial charge in [-0.2, -0.15) is 0 Å². The Balaban J connectivity index is 0.846. The Hall–Kier alpha value is -8.42. The van der Waals surface area contributed by atoms with Gasteiger partial charge in [0.2, 0.25) is 0 Å². The van der Waals surface area contributed by atoms with E-state index in [9.17, 15) is 0 Å². The van der Waals surface area contributed by atoms with Crippen LogP contribution in [0.2, 0.25) is 0 Å². The summed E-state index contributed by atoms with van der Waals surface area (Å²) in [5, 5.41) is 2.30. The molecule has 318 valence electrons. The van der Waals surface area contributed by atoms with Gasteiger partial charge in [0.05, 0.1) is 31.8 Å². The van der Waals surface area contributed by atoms with Gasteiger partial charge in [-0.05, 0) is 68.8 Å². The molecule has 4 nitrogen and oxygen atoms in total. The van der Waals surface area contributed by atoms with E-state index < -0.39 is 0 Å². The predicted octanol–water partition coefficient (Wildman–Crippen LogP) is 17.3. The zero-order chi connectivity index (χ0) is 45.0. The first-order valence-corrected chi connectivity index (χ1v) is 24.3. The third-order valence-electron chi connectivity index (χ3n) is 12.8. The first kappa shape index (κ1) is 39.9. The molecule has 0 saturated heterocycles. The summed E-state index contributed by atoms with van der Waals surface area (Å²) in [6, 6.07) is 81.6. The third kappa shape index (κ3) is 7.24. The van der Waals surface area contributed by atoms with Gasteiger partial charge in [-0.25, -0.2) is 19.9 Å². The van der Waals surface area contributed by atoms with E-state index >= 15 is 0 Å². The average Bonchev–Trinajstić information content (AvgIpc) is 4.00. The first-order valence-electron chi connectivity index (χ1n) is 22.7. The highest BCUT2D eigenvalue weighted by Crippen LogP contribution is 2.42. The Morgan fingerprint density at radius 1 is 0.235 bits per heavy atom. The van der Waals surface area contributed by atoms with Crippen LogP contribution in [0.1, 0.15) is 0 Å². The maximum absolute atomic E-state index is 5.33. The lowest BCUT2D eigenvalue weighted by atomic mass is 9.96. The average molecular weight is 903 g/mol. The van der Waals surface area contributed by atoms with Crippen molar-refractivity contribution < 1.29 is 0 Å². The monoisotopic (exact) mass is 902 g/mol. The fourth-order valence-corrected chi connectivity index (χ4v) is 11.6. The Kier molecular flexibility index (Phi) is 9.85. The fraction of sp³-hybridized carbons (Fsp3) is 0. The van der Waals surface area contributed by atoms with Crippen molar-refractivity contribution >= 4 is 63.3 Å². The van der Waals surface area contributed by atoms with Crippen LogP contribution in [0.15, 0.2) is 231 Å². The number of hydrogen-bond acceptors (Lipinski definition) is 6. The molecule has 68 heavy (non-hydrogen) atoms. The molecule has 0 N–H and O–H groups in total. The van der Waals surface area contributed by atoms with Crippen molar-refractivity contribution in [1.82, 2.24) is 19.9 Å². The molecule has 0 amide bonds. The zero-order valence-electron chi connectivity index (χ0n) is 36.5. The van der Waals surface area contributed by atoms with E-state index in [1.54, 1.807) is 22.7 Å². The van der Waals surface area contributed by atoms with E-state index in [-0.39, 0.29) is 0 Å². The van der Waals surface area contributed by atoms with E-state index in [0.29, 0.717) is 0 Å². The summed E-state index contributed by atoms with van der Waals surface area (Å²) in [5.41, 5.74) is 17.2. The van der Waals surface area contributed by atoms with Crippen LogP contribution < -0.4 is 0 Å². The maximum Gasteiger partial charge on any atom is 0.160 e. The van der Waals surface area contributed by atoms with Crippen LogP contribution in [0, 0.1) is 0 Å². The van der Waals surface area contributed by atoms with Crippen molar-refractivity contribution in [3.8, 4) is 89.8 Å². The molecular formula is C62H38N4S2. The molecule has 0 bridgehead atoms. The number of fused-ring (bicyclic) bond motifs is 6. The summed E-state index contributed by atoms with van der Waals surface area (Å²) in [4.78, 5) is 21.0. The molecule has 4 heterocycles. The Labute approximate surface area is 401 Å². The van der Waals surface area contributed by atoms with Gasteiger partial charge in [0, 0.05) is 42.4 Å². The van der Waals surface area contributed by atoms with Crippen molar-refractivity contribution in [2.24, 2.45) is 0 Å². The maximum atomic E-state index is 5.33. The van der Waals surface area contributed by atoms with Crippen molar-refractivity contribution in [3.63, 3.8) is 0 Å². The second-order valence-corrected chi connectivity index (χ2v) is 19.1. The van der Waals surface area contributed by atoms with Gasteiger partial charge in [-0.15, -0.1) is 22.7 Å². The first-order chi connectivity index (χ1) is 33.7. The minimum absolute atomic E-state index is 0.718. The number of rotatable bonds is 8. The molecule has 4 aromatic heterocycles. The topological polar surface area (TPSA) is 51.6 Å². The number of benzene rings is 9. The number of nitrogens with zero attached hydrogens (tertiary/aromatic N) is 4. The Morgan fingerprint density at radius 2 is 0.559 bits per heavy atom. The smallest absolute Gasteiger partial charge is 0.160 e. The minimum Gasteiger partial charge on any atom is -0.226 e. The molecule has 0 aliphatic rings. The van der Waals surface area contributed by atoms with Crippen molar-refractivity contribution in [1.29, 1.82) is 0 Å². The van der Waals surface area contributed by atoms with Crippen LogP contribution in [-0.4, -0.2) is 19.9 Å². The van der Waals surface area contributed by atoms with E-state index in [1.807, 2.05) is 12.1 Å². The van der Waals surface area contributed by atoms with Gasteiger partial charge < -0.3 is 0 Å². The molecule has 0 radical (unpaired) electrons. The summed E-state index contributed by atoms with van der Waals surface area (Å²) in [6.45, 7) is 0. The van der Waals surface area contributed by atoms with Crippen LogP contribution in [0.4, 0.5) is 0 Å².